The van der Waals surface area contributed by atoms with E-state index in [0.29, 0.717) is 18.1 Å². The average Bonchev–Trinajstić information content (AvgIpc) is 3.14. The van der Waals surface area contributed by atoms with Crippen LogP contribution in [0, 0.1) is 0 Å². The van der Waals surface area contributed by atoms with Crippen molar-refractivity contribution in [1.29, 1.82) is 0 Å². The first kappa shape index (κ1) is 13.9. The van der Waals surface area contributed by atoms with Gasteiger partial charge in [0.1, 0.15) is 0 Å². The summed E-state index contributed by atoms with van der Waals surface area (Å²) in [4.78, 5) is 16.3. The molecule has 2 rings (SSSR count). The van der Waals surface area contributed by atoms with Crippen molar-refractivity contribution in [1.82, 2.24) is 9.80 Å². The lowest BCUT2D eigenvalue weighted by Crippen LogP contribution is -2.40. The highest BCUT2D eigenvalue weighted by atomic mass is 16.2. The van der Waals surface area contributed by atoms with Crippen LogP contribution >= 0.6 is 0 Å². The van der Waals surface area contributed by atoms with Gasteiger partial charge >= 0.3 is 0 Å². The van der Waals surface area contributed by atoms with E-state index in [4.69, 9.17) is 0 Å². The topological polar surface area (TPSA) is 23.6 Å². The van der Waals surface area contributed by atoms with E-state index >= 15 is 0 Å². The molecule has 2 saturated carbocycles. The predicted octanol–water partition coefficient (Wildman–Crippen LogP) is 2.65. The largest absolute Gasteiger partial charge is 0.337 e. The Labute approximate surface area is 112 Å². The van der Waals surface area contributed by atoms with Crippen molar-refractivity contribution in [2.45, 2.75) is 83.5 Å². The van der Waals surface area contributed by atoms with Gasteiger partial charge in [0, 0.05) is 31.1 Å². The van der Waals surface area contributed by atoms with Crippen molar-refractivity contribution in [3.05, 3.63) is 0 Å². The lowest BCUT2D eigenvalue weighted by molar-refractivity contribution is -0.131. The highest BCUT2D eigenvalue weighted by Gasteiger charge is 2.34. The maximum atomic E-state index is 11.7. The maximum absolute atomic E-state index is 11.7. The third-order valence-electron chi connectivity index (χ3n) is 4.60. The quantitative estimate of drug-likeness (QED) is 0.695. The lowest BCUT2D eigenvalue weighted by atomic mass is 10.1. The molecule has 0 radical (unpaired) electrons. The number of nitrogens with zero attached hydrogens (tertiary/aromatic N) is 2. The van der Waals surface area contributed by atoms with Crippen LogP contribution in [0.1, 0.15) is 59.3 Å². The van der Waals surface area contributed by atoms with Gasteiger partial charge in [0.25, 0.3) is 0 Å². The molecule has 104 valence electrons. The number of hydrogen-bond acceptors (Lipinski definition) is 2. The van der Waals surface area contributed by atoms with Crippen molar-refractivity contribution >= 4 is 5.91 Å². The molecule has 0 heterocycles. The Kier molecular flexibility index (Phi) is 4.31. The molecule has 0 aliphatic heterocycles. The molecule has 2 atom stereocenters. The second-order valence-corrected chi connectivity index (χ2v) is 6.33. The molecule has 0 saturated heterocycles. The molecule has 2 aliphatic rings. The molecule has 0 bridgehead atoms. The minimum Gasteiger partial charge on any atom is -0.337 e. The molecule has 3 heteroatoms. The Balaban J connectivity index is 1.75. The first-order valence-corrected chi connectivity index (χ1v) is 7.51. The van der Waals surface area contributed by atoms with E-state index in [1.165, 1.54) is 32.1 Å². The molecule has 0 aromatic heterocycles. The summed E-state index contributed by atoms with van der Waals surface area (Å²) in [7, 11) is 2.25. The van der Waals surface area contributed by atoms with Gasteiger partial charge in [0.15, 0.2) is 0 Å². The fourth-order valence-corrected chi connectivity index (χ4v) is 2.95. The van der Waals surface area contributed by atoms with Crippen molar-refractivity contribution in [3.8, 4) is 0 Å². The molecule has 18 heavy (non-hydrogen) atoms. The summed E-state index contributed by atoms with van der Waals surface area (Å²) < 4.78 is 0. The van der Waals surface area contributed by atoms with Crippen molar-refractivity contribution in [3.63, 3.8) is 0 Å². The molecule has 0 aromatic carbocycles. The lowest BCUT2D eigenvalue weighted by Gasteiger charge is -2.31. The number of rotatable bonds is 7. The first-order valence-electron chi connectivity index (χ1n) is 7.51. The molecule has 1 amide bonds. The molecule has 2 aliphatic carbocycles. The molecular weight excluding hydrogens is 224 g/mol. The Morgan fingerprint density at radius 3 is 2.00 bits per heavy atom. The highest BCUT2D eigenvalue weighted by Crippen LogP contribution is 2.31. The standard InChI is InChI=1S/C15H28N2O/c1-11(16(4)14-7-8-14)5-6-12(2)17(13(3)18)15-9-10-15/h11-12,14-15H,5-10H2,1-4H3. The van der Waals surface area contributed by atoms with Crippen LogP contribution in [0.2, 0.25) is 0 Å². The SMILES string of the molecule is CC(=O)N(C(C)CCC(C)N(C)C1CC1)C1CC1. The fraction of sp³-hybridized carbons (Fsp3) is 0.933. The zero-order chi connectivity index (χ0) is 13.3. The van der Waals surface area contributed by atoms with E-state index in [-0.39, 0.29) is 5.91 Å². The highest BCUT2D eigenvalue weighted by molar-refractivity contribution is 5.74. The second kappa shape index (κ2) is 5.60. The van der Waals surface area contributed by atoms with Crippen LogP contribution in [0.25, 0.3) is 0 Å². The zero-order valence-corrected chi connectivity index (χ0v) is 12.4. The van der Waals surface area contributed by atoms with Gasteiger partial charge in [-0.3, -0.25) is 4.79 Å². The predicted molar refractivity (Wildman–Crippen MR) is 74.5 cm³/mol. The molecule has 2 unspecified atom stereocenters. The van der Waals surface area contributed by atoms with Crippen LogP contribution in [0.15, 0.2) is 0 Å². The summed E-state index contributed by atoms with van der Waals surface area (Å²) >= 11 is 0. The van der Waals surface area contributed by atoms with E-state index in [0.717, 1.165) is 12.5 Å². The molecule has 0 N–H and O–H groups in total. The van der Waals surface area contributed by atoms with Crippen molar-refractivity contribution in [2.75, 3.05) is 7.05 Å². The summed E-state index contributed by atoms with van der Waals surface area (Å²) in [5.41, 5.74) is 0. The van der Waals surface area contributed by atoms with Crippen LogP contribution in [-0.4, -0.2) is 46.9 Å². The van der Waals surface area contributed by atoms with E-state index in [1.54, 1.807) is 6.92 Å². The number of carbonyl (C=O) groups is 1. The zero-order valence-electron chi connectivity index (χ0n) is 12.4. The maximum Gasteiger partial charge on any atom is 0.219 e. The van der Waals surface area contributed by atoms with Gasteiger partial charge in [0.05, 0.1) is 0 Å². The van der Waals surface area contributed by atoms with E-state index in [2.05, 4.69) is 30.7 Å². The fourth-order valence-electron chi connectivity index (χ4n) is 2.95. The number of carbonyl (C=O) groups excluding carboxylic acids is 1. The summed E-state index contributed by atoms with van der Waals surface area (Å²) in [6.07, 6.45) is 7.50. The Bertz CT molecular complexity index is 297. The van der Waals surface area contributed by atoms with Gasteiger partial charge in [-0.25, -0.2) is 0 Å². The minimum absolute atomic E-state index is 0.258. The Morgan fingerprint density at radius 1 is 1.06 bits per heavy atom. The third kappa shape index (κ3) is 3.47. The van der Waals surface area contributed by atoms with Crippen LogP contribution in [0.4, 0.5) is 0 Å². The van der Waals surface area contributed by atoms with Gasteiger partial charge in [-0.05, 0) is 59.4 Å². The normalized spacial score (nSPS) is 22.9. The third-order valence-corrected chi connectivity index (χ3v) is 4.60. The summed E-state index contributed by atoms with van der Waals surface area (Å²) in [5.74, 6) is 0.258. The monoisotopic (exact) mass is 252 g/mol. The molecule has 3 nitrogen and oxygen atoms in total. The van der Waals surface area contributed by atoms with Crippen LogP contribution < -0.4 is 0 Å². The molecule has 2 fully saturated rings. The second-order valence-electron chi connectivity index (χ2n) is 6.33. The number of hydrogen-bond donors (Lipinski definition) is 0. The van der Waals surface area contributed by atoms with Crippen molar-refractivity contribution < 1.29 is 4.79 Å². The minimum atomic E-state index is 0.258. The average molecular weight is 252 g/mol. The van der Waals surface area contributed by atoms with Crippen LogP contribution in [0.3, 0.4) is 0 Å². The van der Waals surface area contributed by atoms with Crippen LogP contribution in [0.5, 0.6) is 0 Å². The van der Waals surface area contributed by atoms with Gasteiger partial charge in [-0.2, -0.15) is 0 Å². The summed E-state index contributed by atoms with van der Waals surface area (Å²) in [6.45, 7) is 6.25. The molecular formula is C15H28N2O. The van der Waals surface area contributed by atoms with Crippen LogP contribution in [-0.2, 0) is 4.79 Å². The van der Waals surface area contributed by atoms with E-state index in [1.807, 2.05) is 0 Å². The van der Waals surface area contributed by atoms with Crippen molar-refractivity contribution in [2.24, 2.45) is 0 Å². The molecule has 0 spiro atoms. The van der Waals surface area contributed by atoms with Gasteiger partial charge in [0.2, 0.25) is 5.91 Å². The summed E-state index contributed by atoms with van der Waals surface area (Å²) in [6, 6.07) is 2.44. The smallest absolute Gasteiger partial charge is 0.219 e. The van der Waals surface area contributed by atoms with E-state index in [9.17, 15) is 4.79 Å². The van der Waals surface area contributed by atoms with E-state index < -0.39 is 0 Å². The summed E-state index contributed by atoms with van der Waals surface area (Å²) in [5, 5.41) is 0. The Morgan fingerprint density at radius 2 is 1.56 bits per heavy atom. The van der Waals surface area contributed by atoms with Gasteiger partial charge in [-0.1, -0.05) is 0 Å². The van der Waals surface area contributed by atoms with Gasteiger partial charge in [-0.15, -0.1) is 0 Å². The molecule has 0 aromatic rings. The van der Waals surface area contributed by atoms with Gasteiger partial charge < -0.3 is 9.80 Å². The number of amides is 1. The Hall–Kier alpha value is -0.570. The first-order chi connectivity index (χ1) is 8.50.